The van der Waals surface area contributed by atoms with E-state index in [1.165, 1.54) is 25.7 Å². The van der Waals surface area contributed by atoms with Crippen LogP contribution in [0, 0.1) is 11.8 Å². The summed E-state index contributed by atoms with van der Waals surface area (Å²) in [5, 5.41) is 6.91. The number of hydrogen-bond donors (Lipinski definition) is 2. The molecule has 2 saturated carbocycles. The van der Waals surface area contributed by atoms with Crippen molar-refractivity contribution in [1.29, 1.82) is 0 Å². The maximum Gasteiger partial charge on any atom is 0.225 e. The topological polar surface area (TPSA) is 61.4 Å². The van der Waals surface area contributed by atoms with Crippen molar-refractivity contribution in [3.8, 4) is 0 Å². The highest BCUT2D eigenvalue weighted by Gasteiger charge is 2.35. The lowest BCUT2D eigenvalue weighted by molar-refractivity contribution is -0.137. The normalized spacial score (nSPS) is 36.2. The van der Waals surface area contributed by atoms with E-state index in [2.05, 4.69) is 15.5 Å². The molecule has 0 aromatic carbocycles. The Labute approximate surface area is 151 Å². The quantitative estimate of drug-likeness (QED) is 0.823. The Morgan fingerprint density at radius 2 is 1.52 bits per heavy atom. The number of hydrogen-bond acceptors (Lipinski definition) is 3. The minimum Gasteiger partial charge on any atom is -0.353 e. The van der Waals surface area contributed by atoms with Crippen LogP contribution in [0.3, 0.4) is 0 Å². The summed E-state index contributed by atoms with van der Waals surface area (Å²) in [6.07, 6.45) is 11.9. The highest BCUT2D eigenvalue weighted by atomic mass is 16.2. The molecule has 4 fully saturated rings. The summed E-state index contributed by atoms with van der Waals surface area (Å²) < 4.78 is 0. The van der Waals surface area contributed by atoms with Gasteiger partial charge in [0.2, 0.25) is 11.8 Å². The van der Waals surface area contributed by atoms with Gasteiger partial charge >= 0.3 is 0 Å². The maximum absolute atomic E-state index is 12.9. The zero-order valence-corrected chi connectivity index (χ0v) is 15.3. The number of nitrogens with one attached hydrogen (secondary N) is 2. The molecule has 25 heavy (non-hydrogen) atoms. The first-order chi connectivity index (χ1) is 12.2. The van der Waals surface area contributed by atoms with Gasteiger partial charge in [0.1, 0.15) is 0 Å². The second kappa shape index (κ2) is 7.65. The van der Waals surface area contributed by atoms with Crippen molar-refractivity contribution in [3.63, 3.8) is 0 Å². The standard InChI is InChI=1S/C20H33N3O2/c24-19(14-3-1-2-4-14)22-16-7-5-15(6-8-16)20(25)23-12-11-17-9-10-18(13-23)21-17/h14-18,21H,1-13H2,(H,22,24). The van der Waals surface area contributed by atoms with Crippen LogP contribution in [-0.2, 0) is 9.59 Å². The summed E-state index contributed by atoms with van der Waals surface area (Å²) in [6.45, 7) is 1.82. The molecule has 5 heteroatoms. The highest BCUT2D eigenvalue weighted by molar-refractivity contribution is 5.80. The Balaban J connectivity index is 1.24. The molecule has 2 saturated heterocycles. The molecular weight excluding hydrogens is 314 g/mol. The zero-order chi connectivity index (χ0) is 17.2. The van der Waals surface area contributed by atoms with Gasteiger partial charge in [-0.2, -0.15) is 0 Å². The van der Waals surface area contributed by atoms with Gasteiger partial charge in [-0.1, -0.05) is 12.8 Å². The van der Waals surface area contributed by atoms with Gasteiger partial charge in [0.15, 0.2) is 0 Å². The van der Waals surface area contributed by atoms with Gasteiger partial charge in [0.05, 0.1) is 0 Å². The lowest BCUT2D eigenvalue weighted by atomic mass is 9.84. The first-order valence-corrected chi connectivity index (χ1v) is 10.5. The van der Waals surface area contributed by atoms with Crippen LogP contribution in [-0.4, -0.2) is 47.9 Å². The number of carbonyl (C=O) groups excluding carboxylic acids is 2. The van der Waals surface area contributed by atoms with Gasteiger partial charge in [-0.3, -0.25) is 9.59 Å². The molecule has 2 aliphatic heterocycles. The lowest BCUT2D eigenvalue weighted by Crippen LogP contribution is -2.45. The summed E-state index contributed by atoms with van der Waals surface area (Å²) >= 11 is 0. The van der Waals surface area contributed by atoms with Crippen molar-refractivity contribution >= 4 is 11.8 Å². The van der Waals surface area contributed by atoms with Crippen molar-refractivity contribution in [1.82, 2.24) is 15.5 Å². The van der Waals surface area contributed by atoms with Crippen LogP contribution in [0.4, 0.5) is 0 Å². The smallest absolute Gasteiger partial charge is 0.225 e. The molecule has 5 nitrogen and oxygen atoms in total. The van der Waals surface area contributed by atoms with Crippen molar-refractivity contribution in [2.45, 2.75) is 88.8 Å². The molecule has 0 radical (unpaired) electrons. The van der Waals surface area contributed by atoms with E-state index in [-0.39, 0.29) is 17.7 Å². The third-order valence-corrected chi connectivity index (χ3v) is 6.98. The summed E-state index contributed by atoms with van der Waals surface area (Å²) in [6, 6.07) is 1.43. The summed E-state index contributed by atoms with van der Waals surface area (Å²) in [4.78, 5) is 27.3. The van der Waals surface area contributed by atoms with Gasteiger partial charge in [0.25, 0.3) is 0 Å². The van der Waals surface area contributed by atoms with Gasteiger partial charge in [-0.15, -0.1) is 0 Å². The van der Waals surface area contributed by atoms with Crippen LogP contribution >= 0.6 is 0 Å². The number of carbonyl (C=O) groups is 2. The monoisotopic (exact) mass is 347 g/mol. The van der Waals surface area contributed by atoms with E-state index >= 15 is 0 Å². The first kappa shape index (κ1) is 17.3. The molecule has 140 valence electrons. The average Bonchev–Trinajstić information content (AvgIpc) is 3.25. The van der Waals surface area contributed by atoms with Gasteiger partial charge in [-0.05, 0) is 57.8 Å². The van der Waals surface area contributed by atoms with E-state index in [1.54, 1.807) is 0 Å². The number of fused-ring (bicyclic) bond motifs is 2. The number of nitrogens with zero attached hydrogens (tertiary/aromatic N) is 1. The van der Waals surface area contributed by atoms with E-state index in [9.17, 15) is 9.59 Å². The van der Waals surface area contributed by atoms with E-state index in [0.29, 0.717) is 24.0 Å². The van der Waals surface area contributed by atoms with Gasteiger partial charge < -0.3 is 15.5 Å². The molecule has 4 rings (SSSR count). The summed E-state index contributed by atoms with van der Waals surface area (Å²) in [5.74, 6) is 1.06. The molecule has 2 atom stereocenters. The fourth-order valence-electron chi connectivity index (χ4n) is 5.39. The van der Waals surface area contributed by atoms with E-state index in [0.717, 1.165) is 58.0 Å². The van der Waals surface area contributed by atoms with Crippen molar-refractivity contribution in [2.75, 3.05) is 13.1 Å². The second-order valence-electron chi connectivity index (χ2n) is 8.75. The fraction of sp³-hybridized carbons (Fsp3) is 0.900. The Hall–Kier alpha value is -1.10. The number of likely N-dealkylation sites (tertiary alicyclic amines) is 1. The van der Waals surface area contributed by atoms with Crippen molar-refractivity contribution < 1.29 is 9.59 Å². The summed E-state index contributed by atoms with van der Waals surface area (Å²) in [5.41, 5.74) is 0. The van der Waals surface area contributed by atoms with Crippen molar-refractivity contribution in [2.24, 2.45) is 11.8 Å². The van der Waals surface area contributed by atoms with E-state index in [4.69, 9.17) is 0 Å². The lowest BCUT2D eigenvalue weighted by Gasteiger charge is -2.33. The molecule has 4 aliphatic rings. The molecule has 0 aromatic rings. The van der Waals surface area contributed by atoms with Crippen LogP contribution in [0.15, 0.2) is 0 Å². The van der Waals surface area contributed by atoms with Gasteiger partial charge in [0, 0.05) is 43.1 Å². The fourth-order valence-corrected chi connectivity index (χ4v) is 5.39. The third-order valence-electron chi connectivity index (χ3n) is 6.98. The van der Waals surface area contributed by atoms with Crippen molar-refractivity contribution in [3.05, 3.63) is 0 Å². The Kier molecular flexibility index (Phi) is 5.30. The third kappa shape index (κ3) is 4.02. The molecule has 2 bridgehead atoms. The molecule has 2 heterocycles. The van der Waals surface area contributed by atoms with E-state index in [1.807, 2.05) is 0 Å². The number of rotatable bonds is 3. The molecule has 2 N–H and O–H groups in total. The van der Waals surface area contributed by atoms with Crippen LogP contribution in [0.25, 0.3) is 0 Å². The summed E-state index contributed by atoms with van der Waals surface area (Å²) in [7, 11) is 0. The Morgan fingerprint density at radius 1 is 0.800 bits per heavy atom. The first-order valence-electron chi connectivity index (χ1n) is 10.5. The number of amides is 2. The Morgan fingerprint density at radius 3 is 2.28 bits per heavy atom. The zero-order valence-electron chi connectivity index (χ0n) is 15.3. The molecule has 0 aromatic heterocycles. The predicted molar refractivity (Wildman–Crippen MR) is 97.0 cm³/mol. The minimum atomic E-state index is 0.177. The van der Waals surface area contributed by atoms with Crippen LogP contribution in [0.1, 0.15) is 70.6 Å². The largest absolute Gasteiger partial charge is 0.353 e. The predicted octanol–water partition coefficient (Wildman–Crippen LogP) is 2.20. The van der Waals surface area contributed by atoms with Crippen LogP contribution in [0.2, 0.25) is 0 Å². The molecule has 0 spiro atoms. The van der Waals surface area contributed by atoms with Gasteiger partial charge in [-0.25, -0.2) is 0 Å². The minimum absolute atomic E-state index is 0.177. The van der Waals surface area contributed by atoms with Crippen LogP contribution < -0.4 is 10.6 Å². The molecule has 2 unspecified atom stereocenters. The Bertz CT molecular complexity index is 495. The van der Waals surface area contributed by atoms with Crippen LogP contribution in [0.5, 0.6) is 0 Å². The molecule has 2 aliphatic carbocycles. The maximum atomic E-state index is 12.9. The highest BCUT2D eigenvalue weighted by Crippen LogP contribution is 2.30. The second-order valence-corrected chi connectivity index (χ2v) is 8.75. The molecule has 2 amide bonds. The molecular formula is C20H33N3O2. The average molecular weight is 348 g/mol. The van der Waals surface area contributed by atoms with E-state index < -0.39 is 0 Å². The SMILES string of the molecule is O=C(NC1CCC(C(=O)N2CCC3CCC(C2)N3)CC1)C1CCCC1.